The van der Waals surface area contributed by atoms with Crippen LogP contribution in [0.4, 0.5) is 0 Å². The molecule has 0 spiro atoms. The molecule has 0 aliphatic heterocycles. The summed E-state index contributed by atoms with van der Waals surface area (Å²) in [7, 11) is -4.26. The lowest BCUT2D eigenvalue weighted by molar-refractivity contribution is -0.00475. The highest BCUT2D eigenvalue weighted by Crippen LogP contribution is 2.12. The van der Waals surface area contributed by atoms with Crippen molar-refractivity contribution in [2.75, 3.05) is 13.2 Å². The Labute approximate surface area is 136 Å². The lowest BCUT2D eigenvalue weighted by atomic mass is 10.1. The van der Waals surface area contributed by atoms with E-state index in [1.54, 1.807) is 0 Å². The number of hydrogen-bond donors (Lipinski definition) is 1. The van der Waals surface area contributed by atoms with Gasteiger partial charge in [-0.25, -0.2) is 4.18 Å². The monoisotopic (exact) mass is 338 g/mol. The van der Waals surface area contributed by atoms with Crippen molar-refractivity contribution in [3.05, 3.63) is 0 Å². The molecule has 0 aliphatic carbocycles. The lowest BCUT2D eigenvalue weighted by Crippen LogP contribution is -2.19. The van der Waals surface area contributed by atoms with Crippen LogP contribution < -0.4 is 0 Å². The lowest BCUT2D eigenvalue weighted by Gasteiger charge is -2.19. The summed E-state index contributed by atoms with van der Waals surface area (Å²) in [5.41, 5.74) is -0.0214. The highest BCUT2D eigenvalue weighted by atomic mass is 32.3. The fourth-order valence-corrected chi connectivity index (χ4v) is 2.49. The average molecular weight is 339 g/mol. The molecule has 0 fully saturated rings. The van der Waals surface area contributed by atoms with E-state index >= 15 is 0 Å². The molecule has 0 bridgehead atoms. The van der Waals surface area contributed by atoms with E-state index in [0.717, 1.165) is 25.9 Å². The van der Waals surface area contributed by atoms with Crippen molar-refractivity contribution >= 4 is 10.4 Å². The first-order chi connectivity index (χ1) is 10.2. The molecule has 0 aromatic carbocycles. The third-order valence-corrected chi connectivity index (χ3v) is 3.77. The maximum Gasteiger partial charge on any atom is 0.397 e. The Kier molecular flexibility index (Phi) is 12.2. The van der Waals surface area contributed by atoms with E-state index < -0.39 is 10.4 Å². The van der Waals surface area contributed by atoms with Crippen LogP contribution in [0.5, 0.6) is 0 Å². The average Bonchev–Trinajstić information content (AvgIpc) is 2.36. The summed E-state index contributed by atoms with van der Waals surface area (Å²) in [5.74, 6) is 0. The maximum absolute atomic E-state index is 10.3. The minimum atomic E-state index is -4.26. The standard InChI is InChI=1S/C16H34O5S/c1-16(2,3)20-14-12-10-8-6-4-5-7-9-11-13-15-21-22(17,18)19/h4-15H2,1-3H3,(H,17,18,19). The van der Waals surface area contributed by atoms with E-state index in [0.29, 0.717) is 6.42 Å². The Balaban J connectivity index is 3.12. The van der Waals surface area contributed by atoms with Crippen LogP contribution in [0.1, 0.15) is 85.0 Å². The molecule has 134 valence electrons. The van der Waals surface area contributed by atoms with E-state index in [4.69, 9.17) is 9.29 Å². The summed E-state index contributed by atoms with van der Waals surface area (Å²) in [6.45, 7) is 7.19. The van der Waals surface area contributed by atoms with Gasteiger partial charge in [-0.2, -0.15) is 8.42 Å². The third kappa shape index (κ3) is 19.8. The number of unbranched alkanes of at least 4 members (excludes halogenated alkanes) is 9. The first-order valence-electron chi connectivity index (χ1n) is 8.46. The predicted octanol–water partition coefficient (Wildman–Crippen LogP) is 4.52. The minimum Gasteiger partial charge on any atom is -0.376 e. The van der Waals surface area contributed by atoms with Gasteiger partial charge in [0.05, 0.1) is 12.2 Å². The molecule has 0 aliphatic rings. The van der Waals surface area contributed by atoms with E-state index in [-0.39, 0.29) is 12.2 Å². The summed E-state index contributed by atoms with van der Waals surface area (Å²) in [4.78, 5) is 0. The zero-order valence-electron chi connectivity index (χ0n) is 14.5. The van der Waals surface area contributed by atoms with Crippen LogP contribution in [0, 0.1) is 0 Å². The maximum atomic E-state index is 10.3. The second kappa shape index (κ2) is 12.3. The molecule has 0 amide bonds. The zero-order chi connectivity index (χ0) is 16.9. The number of hydrogen-bond acceptors (Lipinski definition) is 4. The number of ether oxygens (including phenoxy) is 1. The van der Waals surface area contributed by atoms with E-state index in [1.165, 1.54) is 38.5 Å². The fourth-order valence-electron chi connectivity index (χ4n) is 2.16. The Morgan fingerprint density at radius 3 is 1.45 bits per heavy atom. The highest BCUT2D eigenvalue weighted by Gasteiger charge is 2.08. The van der Waals surface area contributed by atoms with Crippen LogP contribution in [0.2, 0.25) is 0 Å². The molecule has 22 heavy (non-hydrogen) atoms. The molecule has 6 heteroatoms. The SMILES string of the molecule is CC(C)(C)OCCCCCCCCCCCCOS(=O)(=O)O. The van der Waals surface area contributed by atoms with Gasteiger partial charge in [-0.1, -0.05) is 51.4 Å². The Morgan fingerprint density at radius 2 is 1.09 bits per heavy atom. The summed E-state index contributed by atoms with van der Waals surface area (Å²) in [5, 5.41) is 0. The highest BCUT2D eigenvalue weighted by molar-refractivity contribution is 7.80. The smallest absolute Gasteiger partial charge is 0.376 e. The fraction of sp³-hybridized carbons (Fsp3) is 1.00. The molecule has 5 nitrogen and oxygen atoms in total. The van der Waals surface area contributed by atoms with Crippen molar-refractivity contribution in [2.24, 2.45) is 0 Å². The van der Waals surface area contributed by atoms with Gasteiger partial charge in [0.1, 0.15) is 0 Å². The second-order valence-corrected chi connectivity index (χ2v) is 7.84. The molecule has 0 saturated carbocycles. The van der Waals surface area contributed by atoms with Crippen molar-refractivity contribution in [1.29, 1.82) is 0 Å². The second-order valence-electron chi connectivity index (χ2n) is 6.75. The molecule has 0 heterocycles. The summed E-state index contributed by atoms with van der Waals surface area (Å²) < 4.78 is 38.9. The van der Waals surface area contributed by atoms with Crippen molar-refractivity contribution in [1.82, 2.24) is 0 Å². The Bertz CT molecular complexity index is 346. The number of rotatable bonds is 14. The van der Waals surface area contributed by atoms with E-state index in [2.05, 4.69) is 25.0 Å². The first kappa shape index (κ1) is 21.8. The molecule has 0 aromatic rings. The van der Waals surface area contributed by atoms with Gasteiger partial charge in [0.25, 0.3) is 0 Å². The van der Waals surface area contributed by atoms with Crippen molar-refractivity contribution < 1.29 is 21.9 Å². The van der Waals surface area contributed by atoms with Gasteiger partial charge in [0.2, 0.25) is 0 Å². The Hall–Kier alpha value is -0.170. The molecular formula is C16H34O5S. The van der Waals surface area contributed by atoms with Crippen LogP contribution >= 0.6 is 0 Å². The minimum absolute atomic E-state index is 0.0214. The summed E-state index contributed by atoms with van der Waals surface area (Å²) in [6, 6.07) is 0. The molecule has 0 saturated heterocycles. The van der Waals surface area contributed by atoms with Gasteiger partial charge in [-0.3, -0.25) is 4.55 Å². The zero-order valence-corrected chi connectivity index (χ0v) is 15.3. The van der Waals surface area contributed by atoms with Crippen molar-refractivity contribution in [2.45, 2.75) is 90.6 Å². The van der Waals surface area contributed by atoms with Gasteiger partial charge >= 0.3 is 10.4 Å². The Morgan fingerprint density at radius 1 is 0.727 bits per heavy atom. The van der Waals surface area contributed by atoms with Crippen LogP contribution in [0.3, 0.4) is 0 Å². The van der Waals surface area contributed by atoms with E-state index in [9.17, 15) is 8.42 Å². The summed E-state index contributed by atoms with van der Waals surface area (Å²) >= 11 is 0. The van der Waals surface area contributed by atoms with Crippen LogP contribution in [0.25, 0.3) is 0 Å². The third-order valence-electron chi connectivity index (χ3n) is 3.31. The van der Waals surface area contributed by atoms with Crippen LogP contribution in [-0.2, 0) is 19.3 Å². The van der Waals surface area contributed by atoms with Crippen molar-refractivity contribution in [3.63, 3.8) is 0 Å². The van der Waals surface area contributed by atoms with Gasteiger partial charge < -0.3 is 4.74 Å². The molecular weight excluding hydrogens is 304 g/mol. The van der Waals surface area contributed by atoms with Crippen molar-refractivity contribution in [3.8, 4) is 0 Å². The normalized spacial score (nSPS) is 12.7. The molecule has 0 atom stereocenters. The van der Waals surface area contributed by atoms with E-state index in [1.807, 2.05) is 0 Å². The largest absolute Gasteiger partial charge is 0.397 e. The van der Waals surface area contributed by atoms with Gasteiger partial charge in [0, 0.05) is 6.61 Å². The van der Waals surface area contributed by atoms with Gasteiger partial charge in [0.15, 0.2) is 0 Å². The molecule has 0 aromatic heterocycles. The van der Waals surface area contributed by atoms with Gasteiger partial charge in [-0.15, -0.1) is 0 Å². The molecule has 0 rings (SSSR count). The summed E-state index contributed by atoms with van der Waals surface area (Å²) in [6.07, 6.45) is 11.3. The quantitative estimate of drug-likeness (QED) is 0.372. The van der Waals surface area contributed by atoms with Gasteiger partial charge in [-0.05, 0) is 33.6 Å². The first-order valence-corrected chi connectivity index (χ1v) is 9.83. The topological polar surface area (TPSA) is 72.8 Å². The molecule has 1 N–H and O–H groups in total. The van der Waals surface area contributed by atoms with Crippen LogP contribution in [0.15, 0.2) is 0 Å². The molecule has 0 unspecified atom stereocenters. The molecule has 0 radical (unpaired) electrons. The van der Waals surface area contributed by atoms with Crippen LogP contribution in [-0.4, -0.2) is 31.8 Å². The predicted molar refractivity (Wildman–Crippen MR) is 89.4 cm³/mol.